The van der Waals surface area contributed by atoms with Gasteiger partial charge in [-0.2, -0.15) is 10.2 Å². The van der Waals surface area contributed by atoms with E-state index in [0.29, 0.717) is 12.3 Å². The summed E-state index contributed by atoms with van der Waals surface area (Å²) >= 11 is 0. The molecule has 22 heavy (non-hydrogen) atoms. The highest BCUT2D eigenvalue weighted by Gasteiger charge is 2.30. The number of likely N-dealkylation sites (N-methyl/N-ethyl adjacent to an activating group) is 1. The Balaban J connectivity index is 2.05. The van der Waals surface area contributed by atoms with E-state index in [-0.39, 0.29) is 5.97 Å². The summed E-state index contributed by atoms with van der Waals surface area (Å²) in [5.41, 5.74) is 4.36. The average Bonchev–Trinajstić information content (AvgIpc) is 3.09. The van der Waals surface area contributed by atoms with Crippen molar-refractivity contribution < 1.29 is 9.53 Å². The Kier molecular flexibility index (Phi) is 3.98. The third-order valence-corrected chi connectivity index (χ3v) is 3.88. The average molecular weight is 303 g/mol. The number of fused-ring (bicyclic) bond motifs is 3. The minimum Gasteiger partial charge on any atom is -0.461 e. The number of carbonyl (C=O) groups excluding carboxylic acids is 1. The number of nitrogens with zero attached hydrogens (tertiary/aromatic N) is 4. The van der Waals surface area contributed by atoms with E-state index in [1.165, 1.54) is 0 Å². The van der Waals surface area contributed by atoms with E-state index < -0.39 is 0 Å². The smallest absolute Gasteiger partial charge is 0.359 e. The van der Waals surface area contributed by atoms with Crippen molar-refractivity contribution in [2.75, 3.05) is 27.2 Å². The molecule has 2 aromatic rings. The molecule has 0 aromatic carbocycles. The van der Waals surface area contributed by atoms with Crippen LogP contribution in [-0.4, -0.2) is 58.1 Å². The van der Waals surface area contributed by atoms with Crippen molar-refractivity contribution in [3.05, 3.63) is 23.1 Å². The Bertz CT molecular complexity index is 686. The predicted octanol–water partition coefficient (Wildman–Crippen LogP) is 1.11. The summed E-state index contributed by atoms with van der Waals surface area (Å²) in [5.74, 6) is -0.371. The molecule has 0 fully saturated rings. The monoisotopic (exact) mass is 303 g/mol. The number of aryl methyl sites for hydroxylation is 1. The number of carbonyl (C=O) groups is 1. The van der Waals surface area contributed by atoms with Gasteiger partial charge in [-0.05, 0) is 39.4 Å². The zero-order chi connectivity index (χ0) is 15.7. The topological polar surface area (TPSA) is 76.0 Å². The highest BCUT2D eigenvalue weighted by atomic mass is 16.5. The van der Waals surface area contributed by atoms with E-state index in [1.54, 1.807) is 6.92 Å². The number of ether oxygens (including phenoxy) is 1. The number of H-pyrrole nitrogens is 1. The molecule has 1 aliphatic rings. The summed E-state index contributed by atoms with van der Waals surface area (Å²) in [6, 6.07) is 0. The molecule has 0 spiro atoms. The third-order valence-electron chi connectivity index (χ3n) is 3.88. The van der Waals surface area contributed by atoms with Gasteiger partial charge in [-0.15, -0.1) is 0 Å². The van der Waals surface area contributed by atoms with Crippen molar-refractivity contribution in [2.24, 2.45) is 0 Å². The van der Waals surface area contributed by atoms with Gasteiger partial charge in [0.05, 0.1) is 30.6 Å². The van der Waals surface area contributed by atoms with Crippen LogP contribution in [0, 0.1) is 0 Å². The van der Waals surface area contributed by atoms with E-state index >= 15 is 0 Å². The lowest BCUT2D eigenvalue weighted by molar-refractivity contribution is 0.0519. The van der Waals surface area contributed by atoms with Crippen LogP contribution in [0.1, 0.15) is 28.7 Å². The predicted molar refractivity (Wildman–Crippen MR) is 81.7 cm³/mol. The molecule has 3 rings (SSSR count). The standard InChI is InChI=1S/C15H21N5O2/c1-4-22-15(21)14-12-11(20(18-14)8-7-19(2)3)6-5-10-9-16-17-13(10)12/h9H,4-8H2,1-3H3,(H,16,17). The number of hydrogen-bond acceptors (Lipinski definition) is 5. The SMILES string of the molecule is CCOC(=O)c1nn(CCN(C)C)c2c1-c1[nH]ncc1CC2. The molecule has 0 saturated carbocycles. The van der Waals surface area contributed by atoms with E-state index in [4.69, 9.17) is 4.74 Å². The Morgan fingerprint density at radius 3 is 3.00 bits per heavy atom. The maximum atomic E-state index is 12.3. The minimum atomic E-state index is -0.371. The van der Waals surface area contributed by atoms with Crippen molar-refractivity contribution in [3.63, 3.8) is 0 Å². The summed E-state index contributed by atoms with van der Waals surface area (Å²) in [7, 11) is 4.05. The summed E-state index contributed by atoms with van der Waals surface area (Å²) in [4.78, 5) is 14.4. The molecule has 2 heterocycles. The van der Waals surface area contributed by atoms with Gasteiger partial charge in [0.1, 0.15) is 0 Å². The first kappa shape index (κ1) is 14.8. The molecule has 118 valence electrons. The van der Waals surface area contributed by atoms with Crippen LogP contribution in [0.3, 0.4) is 0 Å². The van der Waals surface area contributed by atoms with Crippen LogP contribution >= 0.6 is 0 Å². The zero-order valence-corrected chi connectivity index (χ0v) is 13.2. The van der Waals surface area contributed by atoms with E-state index in [1.807, 2.05) is 25.0 Å². The van der Waals surface area contributed by atoms with E-state index in [0.717, 1.165) is 48.4 Å². The highest BCUT2D eigenvalue weighted by Crippen LogP contribution is 2.34. The second-order valence-corrected chi connectivity index (χ2v) is 5.69. The van der Waals surface area contributed by atoms with Gasteiger partial charge in [0.2, 0.25) is 0 Å². The van der Waals surface area contributed by atoms with Crippen molar-refractivity contribution in [3.8, 4) is 11.3 Å². The number of aromatic amines is 1. The molecule has 0 amide bonds. The van der Waals surface area contributed by atoms with Gasteiger partial charge in [-0.25, -0.2) is 4.79 Å². The maximum Gasteiger partial charge on any atom is 0.359 e. The molecule has 7 heteroatoms. The fourth-order valence-corrected chi connectivity index (χ4v) is 2.81. The summed E-state index contributed by atoms with van der Waals surface area (Å²) in [6.45, 7) is 3.76. The summed E-state index contributed by atoms with van der Waals surface area (Å²) in [5, 5.41) is 11.6. The second kappa shape index (κ2) is 5.92. The van der Waals surface area contributed by atoms with Gasteiger partial charge >= 0.3 is 5.97 Å². The molecule has 0 atom stereocenters. The molecule has 7 nitrogen and oxygen atoms in total. The molecule has 1 aliphatic carbocycles. The van der Waals surface area contributed by atoms with Crippen LogP contribution in [0.5, 0.6) is 0 Å². The third kappa shape index (κ3) is 2.52. The van der Waals surface area contributed by atoms with Crippen LogP contribution < -0.4 is 0 Å². The number of hydrogen-bond donors (Lipinski definition) is 1. The Hall–Kier alpha value is -2.15. The van der Waals surface area contributed by atoms with Crippen LogP contribution in [-0.2, 0) is 24.1 Å². The normalized spacial score (nSPS) is 13.1. The Morgan fingerprint density at radius 2 is 2.27 bits per heavy atom. The fourth-order valence-electron chi connectivity index (χ4n) is 2.81. The van der Waals surface area contributed by atoms with Gasteiger partial charge in [-0.3, -0.25) is 9.78 Å². The van der Waals surface area contributed by atoms with Gasteiger partial charge < -0.3 is 9.64 Å². The van der Waals surface area contributed by atoms with Crippen molar-refractivity contribution in [1.82, 2.24) is 24.9 Å². The van der Waals surface area contributed by atoms with Crippen molar-refractivity contribution in [2.45, 2.75) is 26.3 Å². The first-order valence-corrected chi connectivity index (χ1v) is 7.56. The molecule has 0 bridgehead atoms. The zero-order valence-electron chi connectivity index (χ0n) is 13.2. The number of aromatic nitrogens is 4. The van der Waals surface area contributed by atoms with E-state index in [2.05, 4.69) is 20.2 Å². The van der Waals surface area contributed by atoms with Crippen molar-refractivity contribution >= 4 is 5.97 Å². The molecular formula is C15H21N5O2. The lowest BCUT2D eigenvalue weighted by Crippen LogP contribution is -2.21. The van der Waals surface area contributed by atoms with Gasteiger partial charge in [0.15, 0.2) is 5.69 Å². The van der Waals surface area contributed by atoms with Crippen LogP contribution in [0.4, 0.5) is 0 Å². The Morgan fingerprint density at radius 1 is 1.45 bits per heavy atom. The van der Waals surface area contributed by atoms with Gasteiger partial charge in [0.25, 0.3) is 0 Å². The van der Waals surface area contributed by atoms with E-state index in [9.17, 15) is 4.79 Å². The molecule has 0 unspecified atom stereocenters. The Labute approximate surface area is 129 Å². The van der Waals surface area contributed by atoms with Crippen molar-refractivity contribution in [1.29, 1.82) is 0 Å². The largest absolute Gasteiger partial charge is 0.461 e. The highest BCUT2D eigenvalue weighted by molar-refractivity contribution is 5.96. The molecule has 0 radical (unpaired) electrons. The molecule has 0 aliphatic heterocycles. The first-order valence-electron chi connectivity index (χ1n) is 7.56. The lowest BCUT2D eigenvalue weighted by atomic mass is 9.94. The lowest BCUT2D eigenvalue weighted by Gasteiger charge is -2.15. The number of rotatable bonds is 5. The maximum absolute atomic E-state index is 12.3. The van der Waals surface area contributed by atoms with Gasteiger partial charge in [0, 0.05) is 12.2 Å². The van der Waals surface area contributed by atoms with Crippen LogP contribution in [0.2, 0.25) is 0 Å². The van der Waals surface area contributed by atoms with Gasteiger partial charge in [-0.1, -0.05) is 0 Å². The molecule has 2 aromatic heterocycles. The number of nitrogens with one attached hydrogen (secondary N) is 1. The molecular weight excluding hydrogens is 282 g/mol. The quantitative estimate of drug-likeness (QED) is 0.837. The van der Waals surface area contributed by atoms with Crippen LogP contribution in [0.25, 0.3) is 11.3 Å². The number of esters is 1. The molecule has 0 saturated heterocycles. The second-order valence-electron chi connectivity index (χ2n) is 5.69. The minimum absolute atomic E-state index is 0.341. The summed E-state index contributed by atoms with van der Waals surface area (Å²) < 4.78 is 7.10. The fraction of sp³-hybridized carbons (Fsp3) is 0.533. The molecule has 1 N–H and O–H groups in total. The summed E-state index contributed by atoms with van der Waals surface area (Å²) in [6.07, 6.45) is 3.60. The van der Waals surface area contributed by atoms with Crippen LogP contribution in [0.15, 0.2) is 6.20 Å². The first-order chi connectivity index (χ1) is 10.6.